The highest BCUT2D eigenvalue weighted by atomic mass is 35.5. The molecule has 1 aliphatic rings. The van der Waals surface area contributed by atoms with Crippen LogP contribution in [-0.2, 0) is 11.3 Å². The minimum atomic E-state index is -0.124. The average Bonchev–Trinajstić information content (AvgIpc) is 3.01. The molecule has 0 spiro atoms. The number of hydrogen-bond donors (Lipinski definition) is 0. The van der Waals surface area contributed by atoms with E-state index in [9.17, 15) is 4.79 Å². The van der Waals surface area contributed by atoms with Crippen molar-refractivity contribution in [2.45, 2.75) is 32.7 Å². The number of morpholine rings is 1. The summed E-state index contributed by atoms with van der Waals surface area (Å²) in [7, 11) is 0. The monoisotopic (exact) mass is 349 g/mol. The largest absolute Gasteiger partial charge is 0.484 e. The Balaban J connectivity index is 1.62. The predicted octanol–water partition coefficient (Wildman–Crippen LogP) is 3.76. The molecule has 1 amide bonds. The Labute approximate surface area is 146 Å². The van der Waals surface area contributed by atoms with Crippen molar-refractivity contribution in [1.29, 1.82) is 0 Å². The lowest BCUT2D eigenvalue weighted by atomic mass is 10.2. The fourth-order valence-corrected chi connectivity index (χ4v) is 2.97. The molecule has 1 aliphatic heterocycles. The zero-order valence-corrected chi connectivity index (χ0v) is 14.5. The predicted molar refractivity (Wildman–Crippen MR) is 90.4 cm³/mol. The van der Waals surface area contributed by atoms with Crippen LogP contribution in [0.1, 0.15) is 30.2 Å². The van der Waals surface area contributed by atoms with Gasteiger partial charge in [0.15, 0.2) is 5.76 Å². The zero-order chi connectivity index (χ0) is 17.1. The van der Waals surface area contributed by atoms with Crippen LogP contribution in [0.4, 0.5) is 0 Å². The quantitative estimate of drug-likeness (QED) is 0.843. The number of rotatable bonds is 4. The van der Waals surface area contributed by atoms with Crippen molar-refractivity contribution in [2.75, 3.05) is 13.1 Å². The summed E-state index contributed by atoms with van der Waals surface area (Å²) in [5.41, 5.74) is 0. The molecule has 0 bridgehead atoms. The van der Waals surface area contributed by atoms with Crippen LogP contribution in [-0.4, -0.2) is 36.1 Å². The van der Waals surface area contributed by atoms with Gasteiger partial charge in [0.25, 0.3) is 5.91 Å². The second-order valence-corrected chi connectivity index (χ2v) is 6.36. The highest BCUT2D eigenvalue weighted by Gasteiger charge is 2.28. The van der Waals surface area contributed by atoms with Gasteiger partial charge in [-0.15, -0.1) is 0 Å². The Hall–Kier alpha value is -1.98. The molecule has 0 saturated carbocycles. The van der Waals surface area contributed by atoms with Crippen LogP contribution < -0.4 is 4.74 Å². The summed E-state index contributed by atoms with van der Waals surface area (Å²) < 4.78 is 16.9. The number of carbonyl (C=O) groups excluding carboxylic acids is 1. The molecule has 1 saturated heterocycles. The van der Waals surface area contributed by atoms with Gasteiger partial charge < -0.3 is 18.8 Å². The number of amides is 1. The lowest BCUT2D eigenvalue weighted by Gasteiger charge is -2.34. The Morgan fingerprint density at radius 2 is 1.92 bits per heavy atom. The fraction of sp³-hybridized carbons (Fsp3) is 0.389. The van der Waals surface area contributed by atoms with Gasteiger partial charge in [0.1, 0.15) is 18.1 Å². The van der Waals surface area contributed by atoms with Crippen LogP contribution in [0.25, 0.3) is 0 Å². The van der Waals surface area contributed by atoms with Crippen LogP contribution in [0.3, 0.4) is 0 Å². The number of ether oxygens (including phenoxy) is 2. The summed E-state index contributed by atoms with van der Waals surface area (Å²) in [5.74, 6) is 1.35. The van der Waals surface area contributed by atoms with Crippen LogP contribution in [0.5, 0.6) is 5.75 Å². The third kappa shape index (κ3) is 3.91. The summed E-state index contributed by atoms with van der Waals surface area (Å²) >= 11 is 6.05. The molecule has 128 valence electrons. The molecule has 6 heteroatoms. The third-order valence-electron chi connectivity index (χ3n) is 3.79. The molecular formula is C18H20ClNO4. The van der Waals surface area contributed by atoms with Gasteiger partial charge in [0, 0.05) is 13.1 Å². The summed E-state index contributed by atoms with van der Waals surface area (Å²) in [6.45, 7) is 5.26. The maximum absolute atomic E-state index is 12.5. The molecule has 0 radical (unpaired) electrons. The number of furan rings is 1. The zero-order valence-electron chi connectivity index (χ0n) is 13.7. The number of halogens is 1. The average molecular weight is 350 g/mol. The van der Waals surface area contributed by atoms with Crippen molar-refractivity contribution in [1.82, 2.24) is 4.90 Å². The second-order valence-electron chi connectivity index (χ2n) is 5.95. The Bertz CT molecular complexity index is 705. The van der Waals surface area contributed by atoms with E-state index in [0.717, 1.165) is 0 Å². The van der Waals surface area contributed by atoms with Crippen molar-refractivity contribution in [3.63, 3.8) is 0 Å². The van der Waals surface area contributed by atoms with Crippen LogP contribution in [0, 0.1) is 0 Å². The van der Waals surface area contributed by atoms with Crippen molar-refractivity contribution >= 4 is 17.5 Å². The summed E-state index contributed by atoms with van der Waals surface area (Å²) in [6, 6.07) is 10.7. The van der Waals surface area contributed by atoms with Gasteiger partial charge in [-0.2, -0.15) is 0 Å². The van der Waals surface area contributed by atoms with E-state index >= 15 is 0 Å². The second kappa shape index (κ2) is 7.28. The van der Waals surface area contributed by atoms with Crippen molar-refractivity contribution in [3.05, 3.63) is 52.9 Å². The van der Waals surface area contributed by atoms with E-state index in [4.69, 9.17) is 25.5 Å². The number of carbonyl (C=O) groups is 1. The molecule has 2 aromatic rings. The van der Waals surface area contributed by atoms with E-state index in [1.807, 2.05) is 26.0 Å². The molecule has 3 rings (SSSR count). The molecule has 1 fully saturated rings. The number of para-hydroxylation sites is 1. The van der Waals surface area contributed by atoms with Gasteiger partial charge >= 0.3 is 0 Å². The molecule has 0 aliphatic carbocycles. The van der Waals surface area contributed by atoms with Crippen molar-refractivity contribution < 1.29 is 18.7 Å². The highest BCUT2D eigenvalue weighted by molar-refractivity contribution is 6.32. The topological polar surface area (TPSA) is 51.9 Å². The van der Waals surface area contributed by atoms with Crippen LogP contribution in [0.15, 0.2) is 40.8 Å². The fourth-order valence-electron chi connectivity index (χ4n) is 2.78. The lowest BCUT2D eigenvalue weighted by molar-refractivity contribution is -0.0592. The summed E-state index contributed by atoms with van der Waals surface area (Å²) in [5, 5.41) is 0.539. The van der Waals surface area contributed by atoms with E-state index in [1.54, 1.807) is 29.2 Å². The highest BCUT2D eigenvalue weighted by Crippen LogP contribution is 2.24. The Morgan fingerprint density at radius 3 is 2.62 bits per heavy atom. The Morgan fingerprint density at radius 1 is 1.21 bits per heavy atom. The normalized spacial score (nSPS) is 20.9. The molecule has 0 N–H and O–H groups in total. The van der Waals surface area contributed by atoms with Crippen molar-refractivity contribution in [3.8, 4) is 5.75 Å². The van der Waals surface area contributed by atoms with Gasteiger partial charge in [0.2, 0.25) is 0 Å². The number of benzene rings is 1. The van der Waals surface area contributed by atoms with Gasteiger partial charge in [-0.25, -0.2) is 0 Å². The maximum Gasteiger partial charge on any atom is 0.289 e. The smallest absolute Gasteiger partial charge is 0.289 e. The van der Waals surface area contributed by atoms with Crippen LogP contribution in [0.2, 0.25) is 5.02 Å². The van der Waals surface area contributed by atoms with E-state index in [0.29, 0.717) is 35.4 Å². The minimum Gasteiger partial charge on any atom is -0.484 e. The summed E-state index contributed by atoms with van der Waals surface area (Å²) in [6.07, 6.45) is 0.0476. The van der Waals surface area contributed by atoms with E-state index in [2.05, 4.69) is 0 Å². The van der Waals surface area contributed by atoms with E-state index in [-0.39, 0.29) is 24.7 Å². The molecule has 5 nitrogen and oxygen atoms in total. The first kappa shape index (κ1) is 16.9. The summed E-state index contributed by atoms with van der Waals surface area (Å²) in [4.78, 5) is 14.3. The lowest BCUT2D eigenvalue weighted by Crippen LogP contribution is -2.48. The molecule has 24 heavy (non-hydrogen) atoms. The molecule has 2 atom stereocenters. The first-order valence-corrected chi connectivity index (χ1v) is 8.31. The van der Waals surface area contributed by atoms with Gasteiger partial charge in [-0.05, 0) is 38.1 Å². The maximum atomic E-state index is 12.5. The van der Waals surface area contributed by atoms with Crippen LogP contribution >= 0.6 is 11.6 Å². The van der Waals surface area contributed by atoms with Gasteiger partial charge in [-0.3, -0.25) is 4.79 Å². The van der Waals surface area contributed by atoms with Gasteiger partial charge in [-0.1, -0.05) is 23.7 Å². The van der Waals surface area contributed by atoms with E-state index < -0.39 is 0 Å². The Kier molecular flexibility index (Phi) is 5.11. The van der Waals surface area contributed by atoms with E-state index in [1.165, 1.54) is 0 Å². The first-order valence-electron chi connectivity index (χ1n) is 7.93. The molecule has 2 heterocycles. The third-order valence-corrected chi connectivity index (χ3v) is 4.10. The first-order chi connectivity index (χ1) is 11.5. The number of nitrogens with zero attached hydrogens (tertiary/aromatic N) is 1. The molecule has 1 aromatic heterocycles. The molecule has 1 aromatic carbocycles. The SMILES string of the molecule is CC1CN(C(=O)c2ccc(COc3ccccc3Cl)o2)CC(C)O1. The minimum absolute atomic E-state index is 0.0238. The number of hydrogen-bond acceptors (Lipinski definition) is 4. The van der Waals surface area contributed by atoms with Crippen molar-refractivity contribution in [2.24, 2.45) is 0 Å². The molecule has 2 unspecified atom stereocenters. The van der Waals surface area contributed by atoms with Gasteiger partial charge in [0.05, 0.1) is 17.2 Å². The molecular weight excluding hydrogens is 330 g/mol. The standard InChI is InChI=1S/C18H20ClNO4/c1-12-9-20(10-13(2)23-12)18(21)17-8-7-14(24-17)11-22-16-6-4-3-5-15(16)19/h3-8,12-13H,9-11H2,1-2H3.